The van der Waals surface area contributed by atoms with Crippen LogP contribution in [0.5, 0.6) is 0 Å². The number of hydrogen-bond acceptors (Lipinski definition) is 3. The molecular weight excluding hydrogens is 324 g/mol. The normalized spacial score (nSPS) is 13.8. The second kappa shape index (κ2) is 7.37. The van der Waals surface area contributed by atoms with Crippen molar-refractivity contribution in [3.8, 4) is 0 Å². The third-order valence-electron chi connectivity index (χ3n) is 4.43. The quantitative estimate of drug-likeness (QED) is 0.696. The van der Waals surface area contributed by atoms with E-state index in [0.29, 0.717) is 5.82 Å². The van der Waals surface area contributed by atoms with Crippen molar-refractivity contribution in [2.24, 2.45) is 0 Å². The van der Waals surface area contributed by atoms with Crippen molar-refractivity contribution in [3.63, 3.8) is 0 Å². The predicted octanol–water partition coefficient (Wildman–Crippen LogP) is 3.58. The molecule has 0 aliphatic carbocycles. The number of carbonyl (C=O) groups is 1. The van der Waals surface area contributed by atoms with E-state index < -0.39 is 0 Å². The fourth-order valence-corrected chi connectivity index (χ4v) is 3.15. The van der Waals surface area contributed by atoms with Crippen LogP contribution in [0, 0.1) is 0 Å². The van der Waals surface area contributed by atoms with Gasteiger partial charge in [-0.05, 0) is 17.2 Å². The molecule has 0 spiro atoms. The molecular formula is C21H20N4O. The van der Waals surface area contributed by atoms with E-state index in [0.717, 1.165) is 36.5 Å². The summed E-state index contributed by atoms with van der Waals surface area (Å²) < 4.78 is 0. The van der Waals surface area contributed by atoms with Gasteiger partial charge >= 0.3 is 0 Å². The number of rotatable bonds is 5. The Morgan fingerprint density at radius 3 is 2.58 bits per heavy atom. The number of fused-ring (bicyclic) bond motifs is 1. The van der Waals surface area contributed by atoms with E-state index in [4.69, 9.17) is 0 Å². The molecule has 5 nitrogen and oxygen atoms in total. The second-order valence-corrected chi connectivity index (χ2v) is 6.39. The molecule has 1 aliphatic heterocycles. The zero-order valence-electron chi connectivity index (χ0n) is 14.4. The molecule has 3 aromatic rings. The molecule has 0 saturated carbocycles. The summed E-state index contributed by atoms with van der Waals surface area (Å²) in [5, 5.41) is 10.2. The van der Waals surface area contributed by atoms with Gasteiger partial charge in [-0.2, -0.15) is 5.10 Å². The SMILES string of the molecule is O=C(/C=C\c1ccccc1)Nc1[nH]nc2c1CN(Cc1ccccc1)C2. The predicted molar refractivity (Wildman–Crippen MR) is 102 cm³/mol. The Hall–Kier alpha value is -3.18. The van der Waals surface area contributed by atoms with Crippen molar-refractivity contribution < 1.29 is 4.79 Å². The first-order valence-electron chi connectivity index (χ1n) is 8.64. The molecule has 2 N–H and O–H groups in total. The Labute approximate surface area is 152 Å². The summed E-state index contributed by atoms with van der Waals surface area (Å²) in [4.78, 5) is 14.5. The molecule has 26 heavy (non-hydrogen) atoms. The van der Waals surface area contributed by atoms with Crippen LogP contribution in [0.15, 0.2) is 66.7 Å². The van der Waals surface area contributed by atoms with E-state index in [2.05, 4.69) is 44.7 Å². The van der Waals surface area contributed by atoms with Crippen LogP contribution in [0.1, 0.15) is 22.4 Å². The maximum absolute atomic E-state index is 12.2. The molecule has 1 aromatic heterocycles. The van der Waals surface area contributed by atoms with Gasteiger partial charge < -0.3 is 5.32 Å². The van der Waals surface area contributed by atoms with E-state index >= 15 is 0 Å². The molecule has 5 heteroatoms. The minimum atomic E-state index is -0.165. The van der Waals surface area contributed by atoms with Crippen LogP contribution in [0.2, 0.25) is 0 Å². The number of hydrogen-bond donors (Lipinski definition) is 2. The van der Waals surface area contributed by atoms with Crippen molar-refractivity contribution >= 4 is 17.8 Å². The van der Waals surface area contributed by atoms with E-state index in [-0.39, 0.29) is 5.91 Å². The van der Waals surface area contributed by atoms with Crippen LogP contribution in [0.3, 0.4) is 0 Å². The first-order valence-corrected chi connectivity index (χ1v) is 8.64. The molecule has 2 heterocycles. The first kappa shape index (κ1) is 16.3. The summed E-state index contributed by atoms with van der Waals surface area (Å²) in [5.41, 5.74) is 4.34. The Morgan fingerprint density at radius 1 is 1.08 bits per heavy atom. The van der Waals surface area contributed by atoms with Crippen LogP contribution in [-0.2, 0) is 24.4 Å². The standard InChI is InChI=1S/C21H20N4O/c26-20(12-11-16-7-3-1-4-8-16)22-21-18-14-25(15-19(18)23-24-21)13-17-9-5-2-6-10-17/h1-12H,13-15H2,(H2,22,23,24,26)/b12-11-. The average Bonchev–Trinajstić information content (AvgIpc) is 3.23. The van der Waals surface area contributed by atoms with Crippen molar-refractivity contribution in [3.05, 3.63) is 89.1 Å². The topological polar surface area (TPSA) is 61.0 Å². The highest BCUT2D eigenvalue weighted by Gasteiger charge is 2.25. The van der Waals surface area contributed by atoms with Gasteiger partial charge in [0.1, 0.15) is 5.82 Å². The lowest BCUT2D eigenvalue weighted by atomic mass is 10.2. The number of aromatic nitrogens is 2. The molecule has 2 aromatic carbocycles. The van der Waals surface area contributed by atoms with E-state index in [1.54, 1.807) is 12.2 Å². The third kappa shape index (κ3) is 3.73. The monoisotopic (exact) mass is 344 g/mol. The number of H-pyrrole nitrogens is 1. The maximum atomic E-state index is 12.2. The fraction of sp³-hybridized carbons (Fsp3) is 0.143. The van der Waals surface area contributed by atoms with Gasteiger partial charge in [-0.3, -0.25) is 14.8 Å². The van der Waals surface area contributed by atoms with E-state index in [9.17, 15) is 4.79 Å². The molecule has 0 saturated heterocycles. The number of benzene rings is 2. The fourth-order valence-electron chi connectivity index (χ4n) is 3.15. The van der Waals surface area contributed by atoms with Crippen LogP contribution in [0.4, 0.5) is 5.82 Å². The summed E-state index contributed by atoms with van der Waals surface area (Å²) in [7, 11) is 0. The summed E-state index contributed by atoms with van der Waals surface area (Å²) in [6.45, 7) is 2.44. The zero-order valence-corrected chi connectivity index (χ0v) is 14.4. The highest BCUT2D eigenvalue weighted by molar-refractivity contribution is 6.01. The van der Waals surface area contributed by atoms with Gasteiger partial charge in [0, 0.05) is 31.3 Å². The number of carbonyl (C=O) groups excluding carboxylic acids is 1. The largest absolute Gasteiger partial charge is 0.307 e. The number of amides is 1. The van der Waals surface area contributed by atoms with Gasteiger partial charge in [-0.25, -0.2) is 0 Å². The summed E-state index contributed by atoms with van der Waals surface area (Å²) in [6, 6.07) is 20.1. The van der Waals surface area contributed by atoms with Crippen LogP contribution >= 0.6 is 0 Å². The van der Waals surface area contributed by atoms with Gasteiger partial charge in [0.05, 0.1) is 5.69 Å². The smallest absolute Gasteiger partial charge is 0.249 e. The number of anilines is 1. The van der Waals surface area contributed by atoms with Gasteiger partial charge in [-0.1, -0.05) is 60.7 Å². The first-order chi connectivity index (χ1) is 12.8. The van der Waals surface area contributed by atoms with Gasteiger partial charge in [0.2, 0.25) is 5.91 Å². The number of nitrogens with zero attached hydrogens (tertiary/aromatic N) is 2. The van der Waals surface area contributed by atoms with Crippen LogP contribution in [0.25, 0.3) is 6.08 Å². The summed E-state index contributed by atoms with van der Waals surface area (Å²) >= 11 is 0. The van der Waals surface area contributed by atoms with Crippen molar-refractivity contribution in [2.45, 2.75) is 19.6 Å². The van der Waals surface area contributed by atoms with Gasteiger partial charge in [0.15, 0.2) is 0 Å². The van der Waals surface area contributed by atoms with Crippen LogP contribution in [-0.4, -0.2) is 21.0 Å². The molecule has 0 fully saturated rings. The zero-order chi connectivity index (χ0) is 17.8. The van der Waals surface area contributed by atoms with Crippen molar-refractivity contribution in [1.29, 1.82) is 0 Å². The Bertz CT molecular complexity index is 916. The lowest BCUT2D eigenvalue weighted by Gasteiger charge is -2.15. The molecule has 130 valence electrons. The molecule has 0 unspecified atom stereocenters. The Kier molecular flexibility index (Phi) is 4.62. The van der Waals surface area contributed by atoms with E-state index in [1.807, 2.05) is 36.4 Å². The molecule has 4 rings (SSSR count). The molecule has 0 bridgehead atoms. The molecule has 0 atom stereocenters. The maximum Gasteiger partial charge on any atom is 0.249 e. The highest BCUT2D eigenvalue weighted by Crippen LogP contribution is 2.28. The average molecular weight is 344 g/mol. The second-order valence-electron chi connectivity index (χ2n) is 6.39. The Balaban J connectivity index is 1.39. The molecule has 1 aliphatic rings. The molecule has 0 radical (unpaired) electrons. The Morgan fingerprint density at radius 2 is 1.81 bits per heavy atom. The van der Waals surface area contributed by atoms with Crippen LogP contribution < -0.4 is 5.32 Å². The molecule has 1 amide bonds. The number of aromatic amines is 1. The summed E-state index contributed by atoms with van der Waals surface area (Å²) in [5.74, 6) is 0.528. The highest BCUT2D eigenvalue weighted by atomic mass is 16.1. The van der Waals surface area contributed by atoms with Gasteiger partial charge in [0.25, 0.3) is 0 Å². The lowest BCUT2D eigenvalue weighted by molar-refractivity contribution is -0.111. The minimum Gasteiger partial charge on any atom is -0.307 e. The third-order valence-corrected chi connectivity index (χ3v) is 4.43. The lowest BCUT2D eigenvalue weighted by Crippen LogP contribution is -2.17. The van der Waals surface area contributed by atoms with Crippen molar-refractivity contribution in [2.75, 3.05) is 5.32 Å². The van der Waals surface area contributed by atoms with E-state index in [1.165, 1.54) is 5.56 Å². The summed E-state index contributed by atoms with van der Waals surface area (Å²) in [6.07, 6.45) is 3.34. The van der Waals surface area contributed by atoms with Crippen molar-refractivity contribution in [1.82, 2.24) is 15.1 Å². The van der Waals surface area contributed by atoms with Gasteiger partial charge in [-0.15, -0.1) is 0 Å². The minimum absolute atomic E-state index is 0.165. The number of nitrogens with one attached hydrogen (secondary N) is 2.